The van der Waals surface area contributed by atoms with Crippen LogP contribution in [0.2, 0.25) is 0 Å². The smallest absolute Gasteiger partial charge is 0.357 e. The molecule has 2 aromatic carbocycles. The summed E-state index contributed by atoms with van der Waals surface area (Å²) >= 11 is 1.52. The lowest BCUT2D eigenvalue weighted by atomic mass is 10.0. The predicted octanol–water partition coefficient (Wildman–Crippen LogP) is 2.77. The first-order valence-corrected chi connectivity index (χ1v) is 13.2. The number of amides is 2. The highest BCUT2D eigenvalue weighted by atomic mass is 32.2. The minimum atomic E-state index is -0.737. The van der Waals surface area contributed by atoms with Crippen LogP contribution in [0.5, 0.6) is 11.5 Å². The number of thioether (sulfide) groups is 1. The van der Waals surface area contributed by atoms with Crippen LogP contribution in [0.4, 0.5) is 0 Å². The SMILES string of the molecule is CCN(CC)C1=C(C(=O)OCc2ccc(OC)cc2)N2C(=O)C(NC(=O)COc3ccccc3)[C@@H]2SC1. The third kappa shape index (κ3) is 5.85. The lowest BCUT2D eigenvalue weighted by Crippen LogP contribution is -2.71. The number of esters is 1. The molecule has 10 heteroatoms. The summed E-state index contributed by atoms with van der Waals surface area (Å²) in [6, 6.07) is 15.5. The monoisotopic (exact) mass is 525 g/mol. The van der Waals surface area contributed by atoms with Crippen LogP contribution in [-0.4, -0.2) is 71.6 Å². The molecule has 0 spiro atoms. The first-order valence-electron chi connectivity index (χ1n) is 12.2. The molecule has 4 rings (SSSR count). The van der Waals surface area contributed by atoms with Gasteiger partial charge in [-0.2, -0.15) is 0 Å². The van der Waals surface area contributed by atoms with E-state index >= 15 is 0 Å². The van der Waals surface area contributed by atoms with E-state index < -0.39 is 23.3 Å². The highest BCUT2D eigenvalue weighted by Crippen LogP contribution is 2.41. The Hall–Kier alpha value is -3.66. The van der Waals surface area contributed by atoms with Crippen molar-refractivity contribution in [3.8, 4) is 11.5 Å². The topological polar surface area (TPSA) is 97.4 Å². The Morgan fingerprint density at radius 1 is 1.05 bits per heavy atom. The normalized spacial score (nSPS) is 18.5. The minimum Gasteiger partial charge on any atom is -0.497 e. The van der Waals surface area contributed by atoms with Crippen LogP contribution in [0.3, 0.4) is 0 Å². The first-order chi connectivity index (χ1) is 18.0. The highest BCUT2D eigenvalue weighted by Gasteiger charge is 2.55. The number of nitrogens with one attached hydrogen (secondary N) is 1. The van der Waals surface area contributed by atoms with E-state index in [1.807, 2.05) is 44.2 Å². The van der Waals surface area contributed by atoms with Gasteiger partial charge in [-0.3, -0.25) is 14.5 Å². The van der Waals surface area contributed by atoms with Gasteiger partial charge in [-0.1, -0.05) is 30.3 Å². The number of hydrogen-bond donors (Lipinski definition) is 1. The van der Waals surface area contributed by atoms with Crippen molar-refractivity contribution in [3.05, 3.63) is 71.6 Å². The summed E-state index contributed by atoms with van der Waals surface area (Å²) in [5.74, 6) is 0.502. The number of ether oxygens (including phenoxy) is 3. The molecule has 2 aromatic rings. The van der Waals surface area contributed by atoms with Gasteiger partial charge in [-0.25, -0.2) is 4.79 Å². The van der Waals surface area contributed by atoms with E-state index in [0.29, 0.717) is 30.3 Å². The number of fused-ring (bicyclic) bond motifs is 1. The Morgan fingerprint density at radius 3 is 2.41 bits per heavy atom. The molecule has 1 fully saturated rings. The minimum absolute atomic E-state index is 0.0642. The number of carbonyl (C=O) groups is 3. The van der Waals surface area contributed by atoms with Crippen molar-refractivity contribution >= 4 is 29.5 Å². The van der Waals surface area contributed by atoms with Gasteiger partial charge in [-0.05, 0) is 43.7 Å². The standard InChI is InChI=1S/C27H31N3O6S/c1-4-29(5-2)21-17-37-26-23(28-22(31)16-35-20-9-7-6-8-10-20)25(32)30(26)24(21)27(33)36-15-18-11-13-19(34-3)14-12-18/h6-14,23,26H,4-5,15-17H2,1-3H3,(H,28,31)/t23?,26-/m0/s1. The molecule has 2 atom stereocenters. The van der Waals surface area contributed by atoms with Crippen molar-refractivity contribution in [1.82, 2.24) is 15.1 Å². The van der Waals surface area contributed by atoms with Gasteiger partial charge in [0.15, 0.2) is 12.3 Å². The third-order valence-electron chi connectivity index (χ3n) is 6.25. The molecular weight excluding hydrogens is 494 g/mol. The number of carbonyl (C=O) groups excluding carboxylic acids is 3. The molecule has 0 aromatic heterocycles. The molecule has 2 aliphatic heterocycles. The zero-order chi connectivity index (χ0) is 26.4. The molecule has 0 radical (unpaired) electrons. The Bertz CT molecular complexity index is 1150. The van der Waals surface area contributed by atoms with E-state index in [1.54, 1.807) is 31.4 Å². The second-order valence-corrected chi connectivity index (χ2v) is 9.55. The van der Waals surface area contributed by atoms with Gasteiger partial charge in [0.2, 0.25) is 0 Å². The van der Waals surface area contributed by atoms with E-state index in [9.17, 15) is 14.4 Å². The molecule has 1 unspecified atom stereocenters. The zero-order valence-electron chi connectivity index (χ0n) is 21.1. The summed E-state index contributed by atoms with van der Waals surface area (Å²) in [6.45, 7) is 5.23. The van der Waals surface area contributed by atoms with Gasteiger partial charge in [0.05, 0.1) is 12.8 Å². The van der Waals surface area contributed by atoms with Gasteiger partial charge in [0, 0.05) is 18.8 Å². The van der Waals surface area contributed by atoms with Crippen LogP contribution in [0, 0.1) is 0 Å². The summed E-state index contributed by atoms with van der Waals surface area (Å²) in [6.07, 6.45) is 0. The van der Waals surface area contributed by atoms with Crippen molar-refractivity contribution in [2.24, 2.45) is 0 Å². The summed E-state index contributed by atoms with van der Waals surface area (Å²) in [5, 5.41) is 2.37. The Labute approximate surface area is 220 Å². The summed E-state index contributed by atoms with van der Waals surface area (Å²) in [4.78, 5) is 42.5. The summed E-state index contributed by atoms with van der Waals surface area (Å²) < 4.78 is 16.3. The Morgan fingerprint density at radius 2 is 1.76 bits per heavy atom. The van der Waals surface area contributed by atoms with Crippen LogP contribution in [0.15, 0.2) is 66.0 Å². The number of para-hydroxylation sites is 1. The number of β-lactam (4-membered cyclic amide) rings is 1. The maximum absolute atomic E-state index is 13.3. The van der Waals surface area contributed by atoms with Crippen molar-refractivity contribution in [3.63, 3.8) is 0 Å². The number of benzene rings is 2. The molecule has 1 saturated heterocycles. The van der Waals surface area contributed by atoms with Crippen LogP contribution >= 0.6 is 11.8 Å². The molecule has 196 valence electrons. The molecule has 1 N–H and O–H groups in total. The van der Waals surface area contributed by atoms with Crippen LogP contribution in [-0.2, 0) is 25.7 Å². The zero-order valence-corrected chi connectivity index (χ0v) is 22.0. The maximum atomic E-state index is 13.3. The van der Waals surface area contributed by atoms with Gasteiger partial charge in [0.1, 0.15) is 29.5 Å². The van der Waals surface area contributed by atoms with Crippen molar-refractivity contribution in [2.75, 3.05) is 32.6 Å². The van der Waals surface area contributed by atoms with E-state index in [4.69, 9.17) is 14.2 Å². The molecular formula is C27H31N3O6S. The van der Waals surface area contributed by atoms with E-state index in [1.165, 1.54) is 16.7 Å². The molecule has 0 bridgehead atoms. The summed E-state index contributed by atoms with van der Waals surface area (Å²) in [5.41, 5.74) is 1.81. The number of rotatable bonds is 11. The molecule has 0 saturated carbocycles. The van der Waals surface area contributed by atoms with Gasteiger partial charge >= 0.3 is 5.97 Å². The molecule has 37 heavy (non-hydrogen) atoms. The fourth-order valence-corrected chi connectivity index (χ4v) is 5.64. The molecule has 9 nitrogen and oxygen atoms in total. The van der Waals surface area contributed by atoms with Crippen LogP contribution < -0.4 is 14.8 Å². The number of nitrogens with zero attached hydrogens (tertiary/aromatic N) is 2. The highest BCUT2D eigenvalue weighted by molar-refractivity contribution is 8.00. The molecule has 2 aliphatic rings. The van der Waals surface area contributed by atoms with Crippen LogP contribution in [0.1, 0.15) is 19.4 Å². The number of methoxy groups -OCH3 is 1. The number of hydrogen-bond acceptors (Lipinski definition) is 8. The van der Waals surface area contributed by atoms with Crippen molar-refractivity contribution < 1.29 is 28.6 Å². The summed E-state index contributed by atoms with van der Waals surface area (Å²) in [7, 11) is 1.59. The third-order valence-corrected chi connectivity index (χ3v) is 7.51. The first kappa shape index (κ1) is 26.4. The van der Waals surface area contributed by atoms with Crippen molar-refractivity contribution in [1.29, 1.82) is 0 Å². The van der Waals surface area contributed by atoms with Gasteiger partial charge in [-0.15, -0.1) is 11.8 Å². The van der Waals surface area contributed by atoms with E-state index in [0.717, 1.165) is 11.3 Å². The van der Waals surface area contributed by atoms with Crippen LogP contribution in [0.25, 0.3) is 0 Å². The van der Waals surface area contributed by atoms with Gasteiger partial charge in [0.25, 0.3) is 11.8 Å². The van der Waals surface area contributed by atoms with Crippen molar-refractivity contribution in [2.45, 2.75) is 31.9 Å². The fraction of sp³-hybridized carbons (Fsp3) is 0.370. The molecule has 2 amide bonds. The largest absolute Gasteiger partial charge is 0.497 e. The fourth-order valence-electron chi connectivity index (χ4n) is 4.26. The van der Waals surface area contributed by atoms with Gasteiger partial charge < -0.3 is 24.4 Å². The Kier molecular flexibility index (Phi) is 8.60. The maximum Gasteiger partial charge on any atom is 0.357 e. The molecule has 0 aliphatic carbocycles. The quantitative estimate of drug-likeness (QED) is 0.353. The lowest BCUT2D eigenvalue weighted by molar-refractivity contribution is -0.153. The second kappa shape index (κ2) is 12.1. The average Bonchev–Trinajstić information content (AvgIpc) is 2.94. The Balaban J connectivity index is 1.45. The second-order valence-electron chi connectivity index (χ2n) is 8.45. The average molecular weight is 526 g/mol. The van der Waals surface area contributed by atoms with E-state index in [2.05, 4.69) is 10.2 Å². The lowest BCUT2D eigenvalue weighted by Gasteiger charge is -2.50. The molecule has 2 heterocycles. The van der Waals surface area contributed by atoms with E-state index in [-0.39, 0.29) is 24.8 Å². The predicted molar refractivity (Wildman–Crippen MR) is 140 cm³/mol.